The minimum absolute atomic E-state index is 0.0176. The van der Waals surface area contributed by atoms with Gasteiger partial charge < -0.3 is 4.74 Å². The lowest BCUT2D eigenvalue weighted by Crippen LogP contribution is -2.27. The van der Waals surface area contributed by atoms with E-state index in [1.165, 1.54) is 23.9 Å². The molecule has 1 heterocycles. The van der Waals surface area contributed by atoms with Crippen LogP contribution in [0, 0.1) is 10.1 Å². The van der Waals surface area contributed by atoms with Crippen LogP contribution < -0.4 is 4.74 Å². The van der Waals surface area contributed by atoms with E-state index in [0.29, 0.717) is 36.0 Å². The summed E-state index contributed by atoms with van der Waals surface area (Å²) in [5.41, 5.74) is 1.51. The molecule has 1 aliphatic heterocycles. The van der Waals surface area contributed by atoms with Crippen LogP contribution in [0.4, 0.5) is 5.69 Å². The molecule has 6 nitrogen and oxygen atoms in total. The lowest BCUT2D eigenvalue weighted by atomic mass is 10.2. The van der Waals surface area contributed by atoms with Crippen molar-refractivity contribution in [1.29, 1.82) is 0 Å². The normalized spacial score (nSPS) is 15.3. The number of likely N-dealkylation sites (N-methyl/N-ethyl adjacent to an activating group) is 1. The van der Waals surface area contributed by atoms with E-state index >= 15 is 0 Å². The van der Waals surface area contributed by atoms with Gasteiger partial charge in [-0.3, -0.25) is 19.8 Å². The Hall–Kier alpha value is -1.75. The first-order chi connectivity index (χ1) is 13.8. The van der Waals surface area contributed by atoms with Gasteiger partial charge in [0.05, 0.1) is 18.8 Å². The number of hydrogen-bond donors (Lipinski definition) is 0. The van der Waals surface area contributed by atoms with Crippen LogP contribution >= 0.6 is 55.8 Å². The van der Waals surface area contributed by atoms with Crippen LogP contribution in [-0.2, 0) is 11.4 Å². The first-order valence-corrected chi connectivity index (χ1v) is 11.2. The Morgan fingerprint density at radius 2 is 1.97 bits per heavy atom. The van der Waals surface area contributed by atoms with Crippen molar-refractivity contribution in [3.05, 3.63) is 71.5 Å². The van der Waals surface area contributed by atoms with Gasteiger partial charge in [-0.1, -0.05) is 36.1 Å². The average molecular weight is 558 g/mol. The molecule has 150 valence electrons. The molecule has 0 unspecified atom stereocenters. The van der Waals surface area contributed by atoms with Crippen LogP contribution in [-0.4, -0.2) is 26.6 Å². The van der Waals surface area contributed by atoms with Gasteiger partial charge in [0.25, 0.3) is 11.6 Å². The van der Waals surface area contributed by atoms with E-state index in [1.807, 2.05) is 19.1 Å². The van der Waals surface area contributed by atoms with Gasteiger partial charge in [-0.15, -0.1) is 0 Å². The molecular weight excluding hydrogens is 544 g/mol. The maximum atomic E-state index is 12.4. The van der Waals surface area contributed by atoms with E-state index < -0.39 is 4.92 Å². The fourth-order valence-electron chi connectivity index (χ4n) is 2.64. The highest BCUT2D eigenvalue weighted by Gasteiger charge is 2.30. The Morgan fingerprint density at radius 3 is 2.55 bits per heavy atom. The summed E-state index contributed by atoms with van der Waals surface area (Å²) in [5.74, 6) is 0.468. The number of carbonyl (C=O) groups is 1. The molecule has 3 rings (SSSR count). The summed E-state index contributed by atoms with van der Waals surface area (Å²) in [4.78, 5) is 25.0. The SMILES string of the molecule is CCN1C(=O)/C(=C/c2cc(Br)c(OCc3cccc([N+](=O)[O-])c3)c(Br)c2)SC1=S. The van der Waals surface area contributed by atoms with Gasteiger partial charge in [0.15, 0.2) is 0 Å². The van der Waals surface area contributed by atoms with Crippen molar-refractivity contribution in [1.82, 2.24) is 4.90 Å². The number of halogens is 2. The lowest BCUT2D eigenvalue weighted by molar-refractivity contribution is -0.384. The zero-order valence-corrected chi connectivity index (χ0v) is 19.9. The molecule has 0 radical (unpaired) electrons. The van der Waals surface area contributed by atoms with Gasteiger partial charge in [0, 0.05) is 18.7 Å². The van der Waals surface area contributed by atoms with Crippen molar-refractivity contribution >= 4 is 77.8 Å². The summed E-state index contributed by atoms with van der Waals surface area (Å²) in [5, 5.41) is 10.9. The molecule has 2 aromatic rings. The molecule has 0 aliphatic carbocycles. The highest BCUT2D eigenvalue weighted by molar-refractivity contribution is 9.11. The number of non-ortho nitro benzene ring substituents is 1. The van der Waals surface area contributed by atoms with Crippen molar-refractivity contribution in [3.63, 3.8) is 0 Å². The molecule has 1 saturated heterocycles. The number of thioether (sulfide) groups is 1. The average Bonchev–Trinajstić information content (AvgIpc) is 2.93. The van der Waals surface area contributed by atoms with Gasteiger partial charge in [-0.25, -0.2) is 0 Å². The Balaban J connectivity index is 1.79. The van der Waals surface area contributed by atoms with E-state index in [4.69, 9.17) is 17.0 Å². The third-order valence-corrected chi connectivity index (χ3v) is 6.57. The zero-order valence-electron chi connectivity index (χ0n) is 15.1. The number of ether oxygens (including phenoxy) is 1. The molecule has 1 aliphatic rings. The van der Waals surface area contributed by atoms with Crippen molar-refractivity contribution in [3.8, 4) is 5.75 Å². The fraction of sp³-hybridized carbons (Fsp3) is 0.158. The van der Waals surface area contributed by atoms with Crippen molar-refractivity contribution < 1.29 is 14.5 Å². The standard InChI is InChI=1S/C19H14Br2N2O4S2/c1-2-22-18(24)16(29-19(22)28)9-12-7-14(20)17(15(21)8-12)27-10-11-4-3-5-13(6-11)23(25)26/h3-9H,2,10H2,1H3/b16-9-. The summed E-state index contributed by atoms with van der Waals surface area (Å²) in [6.45, 7) is 2.60. The predicted octanol–water partition coefficient (Wildman–Crippen LogP) is 5.92. The van der Waals surface area contributed by atoms with Crippen LogP contribution in [0.1, 0.15) is 18.1 Å². The summed E-state index contributed by atoms with van der Waals surface area (Å²) in [7, 11) is 0. The summed E-state index contributed by atoms with van der Waals surface area (Å²) < 4.78 is 7.78. The van der Waals surface area contributed by atoms with Crippen molar-refractivity contribution in [2.45, 2.75) is 13.5 Å². The quantitative estimate of drug-likeness (QED) is 0.190. The third-order valence-electron chi connectivity index (χ3n) is 4.01. The number of hydrogen-bond acceptors (Lipinski definition) is 6. The smallest absolute Gasteiger partial charge is 0.269 e. The number of amides is 1. The van der Waals surface area contributed by atoms with Gasteiger partial charge in [0.1, 0.15) is 16.7 Å². The molecule has 2 aromatic carbocycles. The van der Waals surface area contributed by atoms with Crippen molar-refractivity contribution in [2.75, 3.05) is 6.54 Å². The molecular formula is C19H14Br2N2O4S2. The molecule has 1 fully saturated rings. The third kappa shape index (κ3) is 5.06. The molecule has 0 atom stereocenters. The number of carbonyl (C=O) groups excluding carboxylic acids is 1. The number of thiocarbonyl (C=S) groups is 1. The molecule has 0 bridgehead atoms. The number of nitro benzene ring substituents is 1. The molecule has 10 heteroatoms. The monoisotopic (exact) mass is 556 g/mol. The zero-order chi connectivity index (χ0) is 21.1. The molecule has 0 spiro atoms. The van der Waals surface area contributed by atoms with Gasteiger partial charge in [-0.2, -0.15) is 0 Å². The number of nitrogens with zero attached hydrogens (tertiary/aromatic N) is 2. The van der Waals surface area contributed by atoms with E-state index in [0.717, 1.165) is 5.56 Å². The van der Waals surface area contributed by atoms with Crippen LogP contribution in [0.15, 0.2) is 50.2 Å². The highest BCUT2D eigenvalue weighted by atomic mass is 79.9. The van der Waals surface area contributed by atoms with E-state index in [2.05, 4.69) is 31.9 Å². The highest BCUT2D eigenvalue weighted by Crippen LogP contribution is 2.38. The van der Waals surface area contributed by atoms with E-state index in [-0.39, 0.29) is 18.2 Å². The summed E-state index contributed by atoms with van der Waals surface area (Å²) in [6, 6.07) is 9.98. The Labute approximate surface area is 193 Å². The first kappa shape index (κ1) is 21.9. The molecule has 0 N–H and O–H groups in total. The van der Waals surface area contributed by atoms with Gasteiger partial charge >= 0.3 is 0 Å². The first-order valence-electron chi connectivity index (χ1n) is 8.40. The summed E-state index contributed by atoms with van der Waals surface area (Å²) in [6.07, 6.45) is 1.79. The molecule has 1 amide bonds. The van der Waals surface area contributed by atoms with E-state index in [1.54, 1.807) is 23.1 Å². The largest absolute Gasteiger partial charge is 0.487 e. The maximum absolute atomic E-state index is 12.4. The Kier molecular flexibility index (Phi) is 7.10. The van der Waals surface area contributed by atoms with E-state index in [9.17, 15) is 14.9 Å². The molecule has 0 saturated carbocycles. The fourth-order valence-corrected chi connectivity index (χ4v) is 5.48. The molecule has 0 aromatic heterocycles. The van der Waals surface area contributed by atoms with Crippen LogP contribution in [0.2, 0.25) is 0 Å². The maximum Gasteiger partial charge on any atom is 0.269 e. The lowest BCUT2D eigenvalue weighted by Gasteiger charge is -2.12. The van der Waals surface area contributed by atoms with Crippen molar-refractivity contribution in [2.24, 2.45) is 0 Å². The second kappa shape index (κ2) is 9.38. The number of benzene rings is 2. The topological polar surface area (TPSA) is 72.7 Å². The minimum atomic E-state index is -0.439. The Bertz CT molecular complexity index is 1020. The minimum Gasteiger partial charge on any atom is -0.487 e. The Morgan fingerprint density at radius 1 is 1.28 bits per heavy atom. The summed E-state index contributed by atoms with van der Waals surface area (Å²) >= 11 is 13.5. The number of nitro groups is 1. The van der Waals surface area contributed by atoms with Gasteiger partial charge in [0.2, 0.25) is 0 Å². The molecule has 29 heavy (non-hydrogen) atoms. The number of rotatable bonds is 6. The van der Waals surface area contributed by atoms with Crippen LogP contribution in [0.25, 0.3) is 6.08 Å². The van der Waals surface area contributed by atoms with Gasteiger partial charge in [-0.05, 0) is 68.1 Å². The van der Waals surface area contributed by atoms with Crippen LogP contribution in [0.5, 0.6) is 5.75 Å². The second-order valence-electron chi connectivity index (χ2n) is 5.96. The van der Waals surface area contributed by atoms with Crippen LogP contribution in [0.3, 0.4) is 0 Å². The predicted molar refractivity (Wildman–Crippen MR) is 125 cm³/mol. The second-order valence-corrected chi connectivity index (χ2v) is 9.34.